The number of likely N-dealkylation sites (tertiary alicyclic amines) is 1. The number of benzene rings is 1. The maximum absolute atomic E-state index is 11.2. The third-order valence-corrected chi connectivity index (χ3v) is 2.81. The van der Waals surface area contributed by atoms with Crippen molar-refractivity contribution in [2.24, 2.45) is 5.92 Å². The van der Waals surface area contributed by atoms with Crippen LogP contribution in [0.4, 0.5) is 0 Å². The molecule has 0 N–H and O–H groups in total. The molecule has 0 aliphatic carbocycles. The fourth-order valence-corrected chi connectivity index (χ4v) is 1.96. The molecule has 0 atom stereocenters. The van der Waals surface area contributed by atoms with Crippen molar-refractivity contribution in [3.63, 3.8) is 0 Å². The van der Waals surface area contributed by atoms with Gasteiger partial charge in [-0.15, -0.1) is 0 Å². The van der Waals surface area contributed by atoms with E-state index >= 15 is 0 Å². The monoisotopic (exact) mass is 201 g/mol. The van der Waals surface area contributed by atoms with Gasteiger partial charge in [-0.25, -0.2) is 0 Å². The van der Waals surface area contributed by atoms with Crippen LogP contribution in [0.5, 0.6) is 0 Å². The molecule has 1 heterocycles. The Morgan fingerprint density at radius 1 is 1.40 bits per heavy atom. The molecule has 1 aliphatic rings. The molecule has 0 saturated carbocycles. The van der Waals surface area contributed by atoms with Gasteiger partial charge in [0.15, 0.2) is 0 Å². The summed E-state index contributed by atoms with van der Waals surface area (Å²) >= 11 is 0. The lowest BCUT2D eigenvalue weighted by atomic mass is 9.92. The zero-order valence-corrected chi connectivity index (χ0v) is 8.73. The van der Waals surface area contributed by atoms with E-state index in [1.54, 1.807) is 0 Å². The van der Waals surface area contributed by atoms with Gasteiger partial charge < -0.3 is 4.90 Å². The molecule has 78 valence electrons. The minimum Gasteiger partial charge on any atom is -0.338 e. The minimum absolute atomic E-state index is 0.0549. The number of rotatable bonds is 3. The maximum atomic E-state index is 11.2. The van der Waals surface area contributed by atoms with Gasteiger partial charge in [-0.1, -0.05) is 36.9 Å². The fraction of sp³-hybridized carbons (Fsp3) is 0.308. The van der Waals surface area contributed by atoms with Gasteiger partial charge in [0.05, 0.1) is 0 Å². The Labute approximate surface area is 90.2 Å². The molecule has 1 saturated heterocycles. The standard InChI is InChI=1S/C13H15NO/c1-2-13(15)14-9-12(10-14)8-11-6-4-3-5-7-11/h2-7,12H,1,8-10H2. The number of carbonyl (C=O) groups excluding carboxylic acids is 1. The zero-order valence-electron chi connectivity index (χ0n) is 8.73. The first-order chi connectivity index (χ1) is 7.29. The predicted octanol–water partition coefficient (Wildman–Crippen LogP) is 1.87. The van der Waals surface area contributed by atoms with Crippen LogP contribution in [0.3, 0.4) is 0 Å². The van der Waals surface area contributed by atoms with E-state index in [0.29, 0.717) is 5.92 Å². The van der Waals surface area contributed by atoms with Crippen molar-refractivity contribution in [3.05, 3.63) is 48.6 Å². The van der Waals surface area contributed by atoms with Crippen LogP contribution in [-0.4, -0.2) is 23.9 Å². The van der Waals surface area contributed by atoms with Crippen LogP contribution in [0.25, 0.3) is 0 Å². The maximum Gasteiger partial charge on any atom is 0.245 e. The average Bonchev–Trinajstić information content (AvgIpc) is 2.23. The number of hydrogen-bond acceptors (Lipinski definition) is 1. The van der Waals surface area contributed by atoms with Crippen LogP contribution in [0.1, 0.15) is 5.56 Å². The first-order valence-electron chi connectivity index (χ1n) is 5.25. The van der Waals surface area contributed by atoms with E-state index in [-0.39, 0.29) is 5.91 Å². The molecule has 0 spiro atoms. The zero-order chi connectivity index (χ0) is 10.7. The van der Waals surface area contributed by atoms with E-state index in [1.807, 2.05) is 11.0 Å². The summed E-state index contributed by atoms with van der Waals surface area (Å²) in [6.45, 7) is 5.23. The number of amides is 1. The van der Waals surface area contributed by atoms with Crippen LogP contribution in [-0.2, 0) is 11.2 Å². The number of nitrogens with zero attached hydrogens (tertiary/aromatic N) is 1. The van der Waals surface area contributed by atoms with Crippen LogP contribution >= 0.6 is 0 Å². The van der Waals surface area contributed by atoms with E-state index in [0.717, 1.165) is 19.5 Å². The highest BCUT2D eigenvalue weighted by atomic mass is 16.2. The van der Waals surface area contributed by atoms with Gasteiger partial charge in [0, 0.05) is 13.1 Å². The molecule has 2 nitrogen and oxygen atoms in total. The molecule has 2 heteroatoms. The lowest BCUT2D eigenvalue weighted by molar-refractivity contribution is -0.132. The van der Waals surface area contributed by atoms with Crippen LogP contribution in [0.15, 0.2) is 43.0 Å². The third kappa shape index (κ3) is 2.27. The molecule has 1 aromatic carbocycles. The average molecular weight is 201 g/mol. The Morgan fingerprint density at radius 3 is 2.67 bits per heavy atom. The summed E-state index contributed by atoms with van der Waals surface area (Å²) in [6, 6.07) is 10.4. The highest BCUT2D eigenvalue weighted by molar-refractivity contribution is 5.87. The molecule has 0 radical (unpaired) electrons. The van der Waals surface area contributed by atoms with Gasteiger partial charge in [-0.05, 0) is 24.0 Å². The highest BCUT2D eigenvalue weighted by Gasteiger charge is 2.28. The molecular weight excluding hydrogens is 186 g/mol. The lowest BCUT2D eigenvalue weighted by Gasteiger charge is -2.38. The smallest absolute Gasteiger partial charge is 0.245 e. The first-order valence-corrected chi connectivity index (χ1v) is 5.25. The Bertz CT molecular complexity index is 352. The normalized spacial score (nSPS) is 15.9. The second-order valence-electron chi connectivity index (χ2n) is 4.00. The summed E-state index contributed by atoms with van der Waals surface area (Å²) in [7, 11) is 0. The van der Waals surface area contributed by atoms with Gasteiger partial charge in [0.1, 0.15) is 0 Å². The van der Waals surface area contributed by atoms with Crippen LogP contribution < -0.4 is 0 Å². The molecule has 0 aromatic heterocycles. The van der Waals surface area contributed by atoms with Crippen molar-refractivity contribution in [1.82, 2.24) is 4.90 Å². The van der Waals surface area contributed by atoms with Crippen molar-refractivity contribution in [3.8, 4) is 0 Å². The molecule has 15 heavy (non-hydrogen) atoms. The Morgan fingerprint density at radius 2 is 2.07 bits per heavy atom. The lowest BCUT2D eigenvalue weighted by Crippen LogP contribution is -2.50. The minimum atomic E-state index is 0.0549. The summed E-state index contributed by atoms with van der Waals surface area (Å²) in [4.78, 5) is 13.0. The van der Waals surface area contributed by atoms with Crippen LogP contribution in [0, 0.1) is 5.92 Å². The highest BCUT2D eigenvalue weighted by Crippen LogP contribution is 2.20. The van der Waals surface area contributed by atoms with Gasteiger partial charge in [-0.2, -0.15) is 0 Å². The summed E-state index contributed by atoms with van der Waals surface area (Å²) in [6.07, 6.45) is 2.46. The van der Waals surface area contributed by atoms with Gasteiger partial charge >= 0.3 is 0 Å². The first kappa shape index (κ1) is 9.97. The fourth-order valence-electron chi connectivity index (χ4n) is 1.96. The quantitative estimate of drug-likeness (QED) is 0.684. The molecule has 2 rings (SSSR count). The molecular formula is C13H15NO. The van der Waals surface area contributed by atoms with E-state index in [1.165, 1.54) is 11.6 Å². The summed E-state index contributed by atoms with van der Waals surface area (Å²) in [5, 5.41) is 0. The summed E-state index contributed by atoms with van der Waals surface area (Å²) < 4.78 is 0. The summed E-state index contributed by atoms with van der Waals surface area (Å²) in [5.41, 5.74) is 1.35. The van der Waals surface area contributed by atoms with Gasteiger partial charge in [-0.3, -0.25) is 4.79 Å². The molecule has 0 unspecified atom stereocenters. The van der Waals surface area contributed by atoms with Gasteiger partial charge in [0.2, 0.25) is 5.91 Å². The molecule has 1 aliphatic heterocycles. The Kier molecular flexibility index (Phi) is 2.86. The largest absolute Gasteiger partial charge is 0.338 e. The van der Waals surface area contributed by atoms with Crippen molar-refractivity contribution in [2.45, 2.75) is 6.42 Å². The number of hydrogen-bond donors (Lipinski definition) is 0. The van der Waals surface area contributed by atoms with E-state index in [9.17, 15) is 4.79 Å². The van der Waals surface area contributed by atoms with E-state index in [4.69, 9.17) is 0 Å². The van der Waals surface area contributed by atoms with Gasteiger partial charge in [0.25, 0.3) is 0 Å². The van der Waals surface area contributed by atoms with Crippen LogP contribution in [0.2, 0.25) is 0 Å². The molecule has 1 fully saturated rings. The molecule has 1 aromatic rings. The second-order valence-corrected chi connectivity index (χ2v) is 4.00. The topological polar surface area (TPSA) is 20.3 Å². The van der Waals surface area contributed by atoms with E-state index < -0.39 is 0 Å². The third-order valence-electron chi connectivity index (χ3n) is 2.81. The van der Waals surface area contributed by atoms with E-state index in [2.05, 4.69) is 30.8 Å². The second kappa shape index (κ2) is 4.30. The van der Waals surface area contributed by atoms with Crippen molar-refractivity contribution < 1.29 is 4.79 Å². The van der Waals surface area contributed by atoms with Crippen molar-refractivity contribution in [2.75, 3.05) is 13.1 Å². The predicted molar refractivity (Wildman–Crippen MR) is 60.4 cm³/mol. The molecule has 1 amide bonds. The van der Waals surface area contributed by atoms with Crippen molar-refractivity contribution in [1.29, 1.82) is 0 Å². The van der Waals surface area contributed by atoms with Crippen molar-refractivity contribution >= 4 is 5.91 Å². The molecule has 0 bridgehead atoms. The number of carbonyl (C=O) groups is 1. The Balaban J connectivity index is 1.81. The Hall–Kier alpha value is -1.57. The summed E-state index contributed by atoms with van der Waals surface area (Å²) in [5.74, 6) is 0.676. The SMILES string of the molecule is C=CC(=O)N1CC(Cc2ccccc2)C1.